The first-order valence-corrected chi connectivity index (χ1v) is 8.41. The van der Waals surface area contributed by atoms with Gasteiger partial charge in [0, 0.05) is 18.7 Å². The summed E-state index contributed by atoms with van der Waals surface area (Å²) in [5, 5.41) is 8.83. The van der Waals surface area contributed by atoms with Gasteiger partial charge in [0.2, 0.25) is 10.0 Å². The van der Waals surface area contributed by atoms with Crippen molar-refractivity contribution in [2.24, 2.45) is 0 Å². The van der Waals surface area contributed by atoms with Crippen molar-refractivity contribution >= 4 is 21.9 Å². The van der Waals surface area contributed by atoms with Gasteiger partial charge in [-0.05, 0) is 30.7 Å². The second-order valence-electron chi connectivity index (χ2n) is 4.65. The van der Waals surface area contributed by atoms with E-state index in [1.54, 1.807) is 6.92 Å². The Balaban J connectivity index is 2.97. The summed E-state index contributed by atoms with van der Waals surface area (Å²) in [7, 11) is -3.57. The summed E-state index contributed by atoms with van der Waals surface area (Å²) in [5.41, 5.74) is 0.255. The first-order valence-electron chi connectivity index (χ1n) is 6.92. The van der Waals surface area contributed by atoms with E-state index in [0.717, 1.165) is 0 Å². The minimum absolute atomic E-state index is 0.0613. The third kappa shape index (κ3) is 4.81. The average molecular weight is 328 g/mol. The largest absolute Gasteiger partial charge is 0.480 e. The van der Waals surface area contributed by atoms with E-state index in [4.69, 9.17) is 5.11 Å². The third-order valence-corrected chi connectivity index (χ3v) is 4.41. The number of carboxylic acid groups (broad SMARTS) is 1. The normalized spacial score (nSPS) is 11.2. The van der Waals surface area contributed by atoms with Gasteiger partial charge in [-0.1, -0.05) is 13.8 Å². The summed E-state index contributed by atoms with van der Waals surface area (Å²) in [5.74, 6) is -1.52. The van der Waals surface area contributed by atoms with Crippen LogP contribution in [0.5, 0.6) is 0 Å². The predicted molar refractivity (Wildman–Crippen MR) is 81.1 cm³/mol. The SMILES string of the molecule is CCCN(CC(=O)O)C(=O)c1ccc(S(=O)(=O)NCC)cc1. The van der Waals surface area contributed by atoms with Crippen molar-refractivity contribution in [2.75, 3.05) is 19.6 Å². The van der Waals surface area contributed by atoms with E-state index >= 15 is 0 Å². The maximum Gasteiger partial charge on any atom is 0.323 e. The van der Waals surface area contributed by atoms with E-state index in [2.05, 4.69) is 4.72 Å². The number of carbonyl (C=O) groups excluding carboxylic acids is 1. The van der Waals surface area contributed by atoms with E-state index in [-0.39, 0.29) is 23.5 Å². The minimum atomic E-state index is -3.57. The Morgan fingerprint density at radius 1 is 1.18 bits per heavy atom. The van der Waals surface area contributed by atoms with Crippen LogP contribution >= 0.6 is 0 Å². The summed E-state index contributed by atoms with van der Waals surface area (Å²) in [6, 6.07) is 5.43. The Morgan fingerprint density at radius 3 is 2.23 bits per heavy atom. The van der Waals surface area contributed by atoms with Gasteiger partial charge in [-0.15, -0.1) is 0 Å². The van der Waals surface area contributed by atoms with E-state index in [9.17, 15) is 18.0 Å². The van der Waals surface area contributed by atoms with Gasteiger partial charge < -0.3 is 10.0 Å². The van der Waals surface area contributed by atoms with Crippen molar-refractivity contribution in [2.45, 2.75) is 25.2 Å². The monoisotopic (exact) mass is 328 g/mol. The number of nitrogens with one attached hydrogen (secondary N) is 1. The topological polar surface area (TPSA) is 104 Å². The number of benzene rings is 1. The maximum atomic E-state index is 12.3. The zero-order valence-electron chi connectivity index (χ0n) is 12.6. The van der Waals surface area contributed by atoms with Gasteiger partial charge in [-0.2, -0.15) is 0 Å². The highest BCUT2D eigenvalue weighted by Gasteiger charge is 2.19. The molecule has 0 fully saturated rings. The molecular weight excluding hydrogens is 308 g/mol. The predicted octanol–water partition coefficient (Wildman–Crippen LogP) is 0.922. The van der Waals surface area contributed by atoms with Crippen molar-refractivity contribution in [1.29, 1.82) is 0 Å². The Hall–Kier alpha value is -1.93. The smallest absolute Gasteiger partial charge is 0.323 e. The molecular formula is C14H20N2O5S. The van der Waals surface area contributed by atoms with E-state index in [0.29, 0.717) is 13.0 Å². The lowest BCUT2D eigenvalue weighted by molar-refractivity contribution is -0.137. The highest BCUT2D eigenvalue weighted by Crippen LogP contribution is 2.12. The number of carbonyl (C=O) groups is 2. The molecule has 0 bridgehead atoms. The van der Waals surface area contributed by atoms with Gasteiger partial charge in [0.05, 0.1) is 4.90 Å². The van der Waals surface area contributed by atoms with E-state index in [1.807, 2.05) is 6.92 Å². The Labute approximate surface area is 130 Å². The number of aliphatic carboxylic acids is 1. The lowest BCUT2D eigenvalue weighted by Crippen LogP contribution is -2.36. The number of nitrogens with zero attached hydrogens (tertiary/aromatic N) is 1. The van der Waals surface area contributed by atoms with Gasteiger partial charge in [-0.3, -0.25) is 9.59 Å². The van der Waals surface area contributed by atoms with Gasteiger partial charge >= 0.3 is 5.97 Å². The van der Waals surface area contributed by atoms with Gasteiger partial charge in [0.1, 0.15) is 6.54 Å². The highest BCUT2D eigenvalue weighted by molar-refractivity contribution is 7.89. The molecule has 8 heteroatoms. The molecule has 2 N–H and O–H groups in total. The van der Waals surface area contributed by atoms with Crippen LogP contribution in [0, 0.1) is 0 Å². The van der Waals surface area contributed by atoms with Crippen molar-refractivity contribution < 1.29 is 23.1 Å². The standard InChI is InChI=1S/C14H20N2O5S/c1-3-9-16(10-13(17)18)14(19)11-5-7-12(8-6-11)22(20,21)15-4-2/h5-8,15H,3-4,9-10H2,1-2H3,(H,17,18). The number of amides is 1. The summed E-state index contributed by atoms with van der Waals surface area (Å²) in [4.78, 5) is 24.3. The van der Waals surface area contributed by atoms with E-state index < -0.39 is 21.9 Å². The molecule has 0 heterocycles. The molecule has 0 saturated carbocycles. The minimum Gasteiger partial charge on any atom is -0.480 e. The highest BCUT2D eigenvalue weighted by atomic mass is 32.2. The first kappa shape index (κ1) is 18.1. The molecule has 0 aliphatic carbocycles. The van der Waals surface area contributed by atoms with Crippen LogP contribution in [0.4, 0.5) is 0 Å². The lowest BCUT2D eigenvalue weighted by atomic mass is 10.2. The number of hydrogen-bond donors (Lipinski definition) is 2. The van der Waals surface area contributed by atoms with Crippen molar-refractivity contribution in [3.63, 3.8) is 0 Å². The van der Waals surface area contributed by atoms with Crippen LogP contribution in [0.25, 0.3) is 0 Å². The fourth-order valence-electron chi connectivity index (χ4n) is 1.92. The zero-order chi connectivity index (χ0) is 16.8. The van der Waals surface area contributed by atoms with Crippen LogP contribution in [-0.2, 0) is 14.8 Å². The number of rotatable bonds is 8. The molecule has 0 aromatic heterocycles. The van der Waals surface area contributed by atoms with Crippen molar-refractivity contribution in [3.05, 3.63) is 29.8 Å². The molecule has 7 nitrogen and oxygen atoms in total. The van der Waals surface area contributed by atoms with Crippen LogP contribution in [0.1, 0.15) is 30.6 Å². The molecule has 1 aromatic rings. The van der Waals surface area contributed by atoms with Gasteiger partial charge in [0.15, 0.2) is 0 Å². The quantitative estimate of drug-likeness (QED) is 0.738. The lowest BCUT2D eigenvalue weighted by Gasteiger charge is -2.20. The molecule has 1 rings (SSSR count). The fourth-order valence-corrected chi connectivity index (χ4v) is 2.96. The van der Waals surface area contributed by atoms with Crippen LogP contribution in [0.3, 0.4) is 0 Å². The average Bonchev–Trinajstić information content (AvgIpc) is 2.46. The fraction of sp³-hybridized carbons (Fsp3) is 0.429. The number of carboxylic acids is 1. The summed E-state index contributed by atoms with van der Waals surface area (Å²) >= 11 is 0. The van der Waals surface area contributed by atoms with Crippen LogP contribution < -0.4 is 4.72 Å². The van der Waals surface area contributed by atoms with Crippen molar-refractivity contribution in [1.82, 2.24) is 9.62 Å². The molecule has 22 heavy (non-hydrogen) atoms. The van der Waals surface area contributed by atoms with Crippen LogP contribution in [-0.4, -0.2) is 49.9 Å². The Kier molecular flexibility index (Phi) is 6.51. The van der Waals surface area contributed by atoms with Gasteiger partial charge in [0.25, 0.3) is 5.91 Å². The summed E-state index contributed by atoms with van der Waals surface area (Å²) in [6.45, 7) is 3.72. The molecule has 0 saturated heterocycles. The number of hydrogen-bond acceptors (Lipinski definition) is 4. The zero-order valence-corrected chi connectivity index (χ0v) is 13.4. The van der Waals surface area contributed by atoms with E-state index in [1.165, 1.54) is 29.2 Å². The molecule has 0 aliphatic rings. The van der Waals surface area contributed by atoms with Crippen molar-refractivity contribution in [3.8, 4) is 0 Å². The molecule has 1 aromatic carbocycles. The summed E-state index contributed by atoms with van der Waals surface area (Å²) in [6.07, 6.45) is 0.631. The second kappa shape index (κ2) is 7.90. The molecule has 0 aliphatic heterocycles. The molecule has 0 spiro atoms. The second-order valence-corrected chi connectivity index (χ2v) is 6.41. The molecule has 0 atom stereocenters. The maximum absolute atomic E-state index is 12.3. The third-order valence-electron chi connectivity index (χ3n) is 2.85. The van der Waals surface area contributed by atoms with Crippen LogP contribution in [0.15, 0.2) is 29.2 Å². The first-order chi connectivity index (χ1) is 10.3. The summed E-state index contributed by atoms with van der Waals surface area (Å²) < 4.78 is 26.0. The van der Waals surface area contributed by atoms with Gasteiger partial charge in [-0.25, -0.2) is 13.1 Å². The number of sulfonamides is 1. The molecule has 122 valence electrons. The van der Waals surface area contributed by atoms with Crippen LogP contribution in [0.2, 0.25) is 0 Å². The Bertz CT molecular complexity index is 625. The molecule has 1 amide bonds. The molecule has 0 unspecified atom stereocenters. The Morgan fingerprint density at radius 2 is 1.77 bits per heavy atom. The molecule has 0 radical (unpaired) electrons.